The Morgan fingerprint density at radius 2 is 1.74 bits per heavy atom. The maximum absolute atomic E-state index is 12.3. The van der Waals surface area contributed by atoms with Crippen LogP contribution in [0.5, 0.6) is 0 Å². The molecule has 2 rings (SSSR count). The van der Waals surface area contributed by atoms with Crippen LogP contribution in [0.2, 0.25) is 10.0 Å². The van der Waals surface area contributed by atoms with E-state index in [0.717, 1.165) is 0 Å². The second-order valence-corrected chi connectivity index (χ2v) is 4.78. The molecule has 1 atom stereocenters. The van der Waals surface area contributed by atoms with E-state index >= 15 is 0 Å². The first-order valence-electron chi connectivity index (χ1n) is 5.57. The molecule has 0 spiro atoms. The summed E-state index contributed by atoms with van der Waals surface area (Å²) >= 11 is 11.7. The molecule has 0 heterocycles. The van der Waals surface area contributed by atoms with Gasteiger partial charge in [0.15, 0.2) is 5.78 Å². The molecule has 2 aromatic rings. The zero-order chi connectivity index (χ0) is 13.8. The van der Waals surface area contributed by atoms with E-state index in [2.05, 4.69) is 0 Å². The third-order valence-electron chi connectivity index (χ3n) is 2.73. The highest BCUT2D eigenvalue weighted by atomic mass is 35.5. The van der Waals surface area contributed by atoms with Gasteiger partial charge in [0.05, 0.1) is 16.1 Å². The summed E-state index contributed by atoms with van der Waals surface area (Å²) in [4.78, 5) is 12.3. The standard InChI is InChI=1S/C15H9Cl2NO/c16-13-7-6-11(8-14(13)17)15(19)12(9-18)10-4-2-1-3-5-10/h1-8,12H. The normalized spacial score (nSPS) is 11.6. The van der Waals surface area contributed by atoms with Crippen LogP contribution in [0.25, 0.3) is 0 Å². The molecule has 4 heteroatoms. The monoisotopic (exact) mass is 289 g/mol. The summed E-state index contributed by atoms with van der Waals surface area (Å²) < 4.78 is 0. The molecule has 2 nitrogen and oxygen atoms in total. The van der Waals surface area contributed by atoms with E-state index in [0.29, 0.717) is 21.2 Å². The van der Waals surface area contributed by atoms with Gasteiger partial charge in [-0.15, -0.1) is 0 Å². The second kappa shape index (κ2) is 5.88. The lowest BCUT2D eigenvalue weighted by Gasteiger charge is -2.09. The maximum Gasteiger partial charge on any atom is 0.184 e. The van der Waals surface area contributed by atoms with E-state index in [4.69, 9.17) is 23.2 Å². The predicted molar refractivity (Wildman–Crippen MR) is 75.6 cm³/mol. The van der Waals surface area contributed by atoms with Gasteiger partial charge >= 0.3 is 0 Å². The van der Waals surface area contributed by atoms with E-state index in [1.165, 1.54) is 6.07 Å². The fourth-order valence-electron chi connectivity index (χ4n) is 1.75. The molecule has 0 aromatic heterocycles. The molecule has 2 aromatic carbocycles. The summed E-state index contributed by atoms with van der Waals surface area (Å²) in [5, 5.41) is 9.89. The lowest BCUT2D eigenvalue weighted by Crippen LogP contribution is -2.11. The van der Waals surface area contributed by atoms with Crippen molar-refractivity contribution in [1.82, 2.24) is 0 Å². The van der Waals surface area contributed by atoms with Crippen molar-refractivity contribution < 1.29 is 4.79 Å². The number of hydrogen-bond donors (Lipinski definition) is 0. The first-order valence-corrected chi connectivity index (χ1v) is 6.33. The van der Waals surface area contributed by atoms with Crippen LogP contribution in [0.3, 0.4) is 0 Å². The molecule has 0 amide bonds. The highest BCUT2D eigenvalue weighted by Gasteiger charge is 2.21. The number of nitrogens with zero attached hydrogens (tertiary/aromatic N) is 1. The van der Waals surface area contributed by atoms with Gasteiger partial charge in [-0.2, -0.15) is 5.26 Å². The van der Waals surface area contributed by atoms with Crippen LogP contribution < -0.4 is 0 Å². The van der Waals surface area contributed by atoms with Crippen molar-refractivity contribution in [3.05, 3.63) is 69.7 Å². The summed E-state index contributed by atoms with van der Waals surface area (Å²) in [5.74, 6) is -1.12. The molecular formula is C15H9Cl2NO. The Bertz CT molecular complexity index is 647. The van der Waals surface area contributed by atoms with Gasteiger partial charge < -0.3 is 0 Å². The Morgan fingerprint density at radius 3 is 2.32 bits per heavy atom. The van der Waals surface area contributed by atoms with Crippen molar-refractivity contribution in [1.29, 1.82) is 5.26 Å². The number of rotatable bonds is 3. The van der Waals surface area contributed by atoms with E-state index in [1.807, 2.05) is 12.1 Å². The predicted octanol–water partition coefficient (Wildman–Crippen LogP) is 4.48. The molecule has 0 aliphatic heterocycles. The number of carbonyl (C=O) groups excluding carboxylic acids is 1. The van der Waals surface area contributed by atoms with E-state index < -0.39 is 5.92 Å². The molecule has 1 unspecified atom stereocenters. The third-order valence-corrected chi connectivity index (χ3v) is 3.47. The van der Waals surface area contributed by atoms with Gasteiger partial charge in [-0.05, 0) is 23.8 Å². The van der Waals surface area contributed by atoms with Crippen molar-refractivity contribution in [3.63, 3.8) is 0 Å². The van der Waals surface area contributed by atoms with Crippen molar-refractivity contribution in [3.8, 4) is 6.07 Å². The fraction of sp³-hybridized carbons (Fsp3) is 0.0667. The minimum atomic E-state index is -0.835. The van der Waals surface area contributed by atoms with Crippen LogP contribution in [0.15, 0.2) is 48.5 Å². The number of carbonyl (C=O) groups is 1. The topological polar surface area (TPSA) is 40.9 Å². The molecule has 0 aliphatic rings. The number of benzene rings is 2. The van der Waals surface area contributed by atoms with Crippen molar-refractivity contribution in [2.24, 2.45) is 0 Å². The van der Waals surface area contributed by atoms with Gasteiger partial charge in [-0.1, -0.05) is 53.5 Å². The minimum Gasteiger partial charge on any atom is -0.292 e. The molecule has 0 N–H and O–H groups in total. The summed E-state index contributed by atoms with van der Waals surface area (Å²) in [5.41, 5.74) is 1.05. The average Bonchev–Trinajstić information content (AvgIpc) is 2.44. The van der Waals surface area contributed by atoms with Crippen LogP contribution in [0, 0.1) is 11.3 Å². The summed E-state index contributed by atoms with van der Waals surface area (Å²) in [6, 6.07) is 15.6. The van der Waals surface area contributed by atoms with Crippen LogP contribution in [0.4, 0.5) is 0 Å². The molecule has 0 fully saturated rings. The molecule has 0 bridgehead atoms. The summed E-state index contributed by atoms with van der Waals surface area (Å²) in [6.45, 7) is 0. The SMILES string of the molecule is N#CC(C(=O)c1ccc(Cl)c(Cl)c1)c1ccccc1. The molecule has 0 radical (unpaired) electrons. The van der Waals surface area contributed by atoms with Crippen molar-refractivity contribution in [2.45, 2.75) is 5.92 Å². The number of ketones is 1. The second-order valence-electron chi connectivity index (χ2n) is 3.97. The smallest absolute Gasteiger partial charge is 0.184 e. The van der Waals surface area contributed by atoms with E-state index in [9.17, 15) is 10.1 Å². The molecule has 19 heavy (non-hydrogen) atoms. The summed E-state index contributed by atoms with van der Waals surface area (Å²) in [6.07, 6.45) is 0. The number of nitriles is 1. The van der Waals surface area contributed by atoms with Crippen LogP contribution in [-0.2, 0) is 0 Å². The zero-order valence-corrected chi connectivity index (χ0v) is 11.3. The fourth-order valence-corrected chi connectivity index (χ4v) is 2.04. The Balaban J connectivity index is 2.37. The Labute approximate surface area is 121 Å². The maximum atomic E-state index is 12.3. The van der Waals surface area contributed by atoms with E-state index in [-0.39, 0.29) is 5.78 Å². The first-order chi connectivity index (χ1) is 9.13. The quantitative estimate of drug-likeness (QED) is 0.782. The van der Waals surface area contributed by atoms with Gasteiger partial charge in [0.1, 0.15) is 5.92 Å². The lowest BCUT2D eigenvalue weighted by atomic mass is 9.92. The third kappa shape index (κ3) is 2.96. The molecule has 94 valence electrons. The van der Waals surface area contributed by atoms with Crippen LogP contribution >= 0.6 is 23.2 Å². The largest absolute Gasteiger partial charge is 0.292 e. The van der Waals surface area contributed by atoms with Crippen molar-refractivity contribution >= 4 is 29.0 Å². The van der Waals surface area contributed by atoms with Crippen molar-refractivity contribution in [2.75, 3.05) is 0 Å². The lowest BCUT2D eigenvalue weighted by molar-refractivity contribution is 0.0979. The molecule has 0 aliphatic carbocycles. The van der Waals surface area contributed by atoms with Crippen LogP contribution in [0.1, 0.15) is 21.8 Å². The average molecular weight is 290 g/mol. The number of hydrogen-bond acceptors (Lipinski definition) is 2. The van der Waals surface area contributed by atoms with Gasteiger partial charge in [0.2, 0.25) is 0 Å². The van der Waals surface area contributed by atoms with Gasteiger partial charge in [0, 0.05) is 5.56 Å². The Kier molecular flexibility index (Phi) is 4.21. The van der Waals surface area contributed by atoms with Gasteiger partial charge in [0.25, 0.3) is 0 Å². The molecule has 0 saturated heterocycles. The van der Waals surface area contributed by atoms with Crippen LogP contribution in [-0.4, -0.2) is 5.78 Å². The molecule has 0 saturated carbocycles. The Morgan fingerprint density at radius 1 is 1.05 bits per heavy atom. The molecular weight excluding hydrogens is 281 g/mol. The zero-order valence-electron chi connectivity index (χ0n) is 9.81. The van der Waals surface area contributed by atoms with E-state index in [1.54, 1.807) is 36.4 Å². The highest BCUT2D eigenvalue weighted by Crippen LogP contribution is 2.26. The Hall–Kier alpha value is -1.82. The minimum absolute atomic E-state index is 0.285. The highest BCUT2D eigenvalue weighted by molar-refractivity contribution is 6.42. The number of Topliss-reactive ketones (excluding diaryl/α,β-unsaturated/α-hetero) is 1. The van der Waals surface area contributed by atoms with Gasteiger partial charge in [-0.25, -0.2) is 0 Å². The first kappa shape index (κ1) is 13.6. The number of halogens is 2. The van der Waals surface area contributed by atoms with Gasteiger partial charge in [-0.3, -0.25) is 4.79 Å². The summed E-state index contributed by atoms with van der Waals surface area (Å²) in [7, 11) is 0.